The zero-order valence-electron chi connectivity index (χ0n) is 13.9. The van der Waals surface area contributed by atoms with E-state index in [1.54, 1.807) is 18.2 Å². The maximum Gasteiger partial charge on any atom is 0.254 e. The molecule has 1 heterocycles. The summed E-state index contributed by atoms with van der Waals surface area (Å²) in [5.41, 5.74) is 0.431. The van der Waals surface area contributed by atoms with Crippen molar-refractivity contribution in [3.63, 3.8) is 0 Å². The van der Waals surface area contributed by atoms with Gasteiger partial charge >= 0.3 is 0 Å². The zero-order chi connectivity index (χ0) is 17.2. The molecule has 0 N–H and O–H groups in total. The predicted octanol–water partition coefficient (Wildman–Crippen LogP) is 1.60. The summed E-state index contributed by atoms with van der Waals surface area (Å²) in [5.74, 6) is 1.09. The summed E-state index contributed by atoms with van der Waals surface area (Å²) in [4.78, 5) is 14.0. The minimum Gasteiger partial charge on any atom is -0.497 e. The van der Waals surface area contributed by atoms with Crippen LogP contribution in [0.1, 0.15) is 24.2 Å². The molecule has 0 radical (unpaired) electrons. The monoisotopic (exact) mass is 341 g/mol. The lowest BCUT2D eigenvalue weighted by Gasteiger charge is -2.39. The van der Waals surface area contributed by atoms with E-state index in [4.69, 9.17) is 9.47 Å². The van der Waals surface area contributed by atoms with E-state index < -0.39 is 15.1 Å². The molecule has 0 bridgehead atoms. The molecule has 1 aliphatic heterocycles. The van der Waals surface area contributed by atoms with Crippen LogP contribution in [0.4, 0.5) is 0 Å². The van der Waals surface area contributed by atoms with E-state index in [9.17, 15) is 13.2 Å². The highest BCUT2D eigenvalue weighted by atomic mass is 32.2. The third-order valence-electron chi connectivity index (χ3n) is 3.81. The zero-order valence-corrected chi connectivity index (χ0v) is 14.7. The Kier molecular flexibility index (Phi) is 5.19. The van der Waals surface area contributed by atoms with Crippen molar-refractivity contribution < 1.29 is 22.7 Å². The van der Waals surface area contributed by atoms with Gasteiger partial charge in [0.05, 0.1) is 25.2 Å². The molecule has 1 fully saturated rings. The van der Waals surface area contributed by atoms with E-state index in [2.05, 4.69) is 0 Å². The number of carbonyl (C=O) groups is 1. The molecule has 0 atom stereocenters. The van der Waals surface area contributed by atoms with Gasteiger partial charge in [-0.05, 0) is 18.1 Å². The van der Waals surface area contributed by atoms with Gasteiger partial charge in [0.15, 0.2) is 9.84 Å². The molecule has 1 saturated heterocycles. The van der Waals surface area contributed by atoms with Gasteiger partial charge < -0.3 is 14.4 Å². The molecule has 1 aromatic carbocycles. The molecule has 2 rings (SSSR count). The van der Waals surface area contributed by atoms with E-state index in [0.29, 0.717) is 17.1 Å². The summed E-state index contributed by atoms with van der Waals surface area (Å²) in [6, 6.07) is 4.93. The van der Waals surface area contributed by atoms with Crippen LogP contribution in [0.3, 0.4) is 0 Å². The first-order valence-corrected chi connectivity index (χ1v) is 9.22. The van der Waals surface area contributed by atoms with E-state index in [-0.39, 0.29) is 30.7 Å². The number of carbonyl (C=O) groups excluding carboxylic acids is 1. The average molecular weight is 341 g/mol. The van der Waals surface area contributed by atoms with Gasteiger partial charge in [-0.3, -0.25) is 4.79 Å². The number of benzene rings is 1. The molecular formula is C16H23NO5S. The Morgan fingerprint density at radius 3 is 2.13 bits per heavy atom. The number of methoxy groups -OCH3 is 2. The Labute approximate surface area is 137 Å². The minimum absolute atomic E-state index is 0.0902. The van der Waals surface area contributed by atoms with Gasteiger partial charge in [0, 0.05) is 24.7 Å². The van der Waals surface area contributed by atoms with Crippen molar-refractivity contribution in [2.45, 2.75) is 19.1 Å². The summed E-state index contributed by atoms with van der Waals surface area (Å²) in [6.45, 7) is 4.24. The molecule has 128 valence electrons. The lowest BCUT2D eigenvalue weighted by Crippen LogP contribution is -2.57. The van der Waals surface area contributed by atoms with Crippen molar-refractivity contribution in [2.75, 3.05) is 33.1 Å². The van der Waals surface area contributed by atoms with Crippen molar-refractivity contribution in [2.24, 2.45) is 5.92 Å². The van der Waals surface area contributed by atoms with Crippen LogP contribution in [-0.2, 0) is 9.84 Å². The standard InChI is InChI=1S/C16H23NO5S/c1-11(2)10-23(19,20)15-8-17(9-15)16(18)12-5-13(21-3)7-14(6-12)22-4/h5-7,11,15H,8-10H2,1-4H3. The molecule has 23 heavy (non-hydrogen) atoms. The summed E-state index contributed by atoms with van der Waals surface area (Å²) in [6.07, 6.45) is 0. The van der Waals surface area contributed by atoms with Crippen molar-refractivity contribution in [1.29, 1.82) is 0 Å². The highest BCUT2D eigenvalue weighted by Gasteiger charge is 2.40. The average Bonchev–Trinajstić information content (AvgIpc) is 2.43. The first-order chi connectivity index (χ1) is 10.8. The largest absolute Gasteiger partial charge is 0.497 e. The molecule has 1 aliphatic rings. The number of hydrogen-bond acceptors (Lipinski definition) is 5. The molecule has 6 nitrogen and oxygen atoms in total. The van der Waals surface area contributed by atoms with E-state index in [1.165, 1.54) is 19.1 Å². The van der Waals surface area contributed by atoms with E-state index in [0.717, 1.165) is 0 Å². The summed E-state index contributed by atoms with van der Waals surface area (Å²) < 4.78 is 34.6. The highest BCUT2D eigenvalue weighted by Crippen LogP contribution is 2.26. The lowest BCUT2D eigenvalue weighted by atomic mass is 10.1. The molecule has 0 unspecified atom stereocenters. The first-order valence-electron chi connectivity index (χ1n) is 7.50. The number of amides is 1. The third kappa shape index (κ3) is 3.96. The third-order valence-corrected chi connectivity index (χ3v) is 6.25. The number of ether oxygens (including phenoxy) is 2. The Morgan fingerprint density at radius 2 is 1.70 bits per heavy atom. The summed E-state index contributed by atoms with van der Waals surface area (Å²) in [5, 5.41) is -0.457. The number of sulfone groups is 1. The summed E-state index contributed by atoms with van der Waals surface area (Å²) in [7, 11) is -0.110. The maximum atomic E-state index is 12.5. The predicted molar refractivity (Wildman–Crippen MR) is 87.9 cm³/mol. The van der Waals surface area contributed by atoms with Gasteiger partial charge in [0.1, 0.15) is 11.5 Å². The van der Waals surface area contributed by atoms with E-state index >= 15 is 0 Å². The minimum atomic E-state index is -3.14. The van der Waals surface area contributed by atoms with Crippen LogP contribution in [0, 0.1) is 5.92 Å². The SMILES string of the molecule is COc1cc(OC)cc(C(=O)N2CC(S(=O)(=O)CC(C)C)C2)c1. The van der Waals surface area contributed by atoms with Crippen LogP contribution in [0.2, 0.25) is 0 Å². The van der Waals surface area contributed by atoms with Crippen LogP contribution in [0.5, 0.6) is 11.5 Å². The Morgan fingerprint density at radius 1 is 1.17 bits per heavy atom. The number of nitrogens with zero attached hydrogens (tertiary/aromatic N) is 1. The smallest absolute Gasteiger partial charge is 0.254 e. The van der Waals surface area contributed by atoms with Crippen LogP contribution in [-0.4, -0.2) is 57.5 Å². The lowest BCUT2D eigenvalue weighted by molar-refractivity contribution is 0.0658. The Hall–Kier alpha value is -1.76. The van der Waals surface area contributed by atoms with Gasteiger partial charge in [-0.2, -0.15) is 0 Å². The second kappa shape index (κ2) is 6.78. The number of hydrogen-bond donors (Lipinski definition) is 0. The molecule has 1 amide bonds. The quantitative estimate of drug-likeness (QED) is 0.786. The van der Waals surface area contributed by atoms with Crippen LogP contribution in [0.15, 0.2) is 18.2 Å². The molecule has 1 aromatic rings. The second-order valence-electron chi connectivity index (χ2n) is 6.16. The Balaban J connectivity index is 2.07. The van der Waals surface area contributed by atoms with Crippen molar-refractivity contribution in [1.82, 2.24) is 4.90 Å². The topological polar surface area (TPSA) is 72.9 Å². The highest BCUT2D eigenvalue weighted by molar-refractivity contribution is 7.92. The molecule has 0 spiro atoms. The van der Waals surface area contributed by atoms with Crippen molar-refractivity contribution in [3.8, 4) is 11.5 Å². The van der Waals surface area contributed by atoms with Gasteiger partial charge in [0.25, 0.3) is 5.91 Å². The van der Waals surface area contributed by atoms with Gasteiger partial charge in [0.2, 0.25) is 0 Å². The van der Waals surface area contributed by atoms with Crippen molar-refractivity contribution >= 4 is 15.7 Å². The first kappa shape index (κ1) is 17.6. The molecule has 0 saturated carbocycles. The van der Waals surface area contributed by atoms with Gasteiger partial charge in [-0.1, -0.05) is 13.8 Å². The van der Waals surface area contributed by atoms with Crippen LogP contribution in [0.25, 0.3) is 0 Å². The fraction of sp³-hybridized carbons (Fsp3) is 0.562. The van der Waals surface area contributed by atoms with Gasteiger partial charge in [-0.25, -0.2) is 8.42 Å². The fourth-order valence-electron chi connectivity index (χ4n) is 2.55. The molecule has 0 aliphatic carbocycles. The Bertz CT molecular complexity index is 655. The number of likely N-dealkylation sites (tertiary alicyclic amines) is 1. The number of rotatable bonds is 6. The van der Waals surface area contributed by atoms with Crippen LogP contribution >= 0.6 is 0 Å². The van der Waals surface area contributed by atoms with Crippen molar-refractivity contribution in [3.05, 3.63) is 23.8 Å². The fourth-order valence-corrected chi connectivity index (χ4v) is 4.56. The molecular weight excluding hydrogens is 318 g/mol. The summed E-state index contributed by atoms with van der Waals surface area (Å²) >= 11 is 0. The molecule has 0 aromatic heterocycles. The molecule has 7 heteroatoms. The normalized spacial score (nSPS) is 15.4. The van der Waals surface area contributed by atoms with E-state index in [1.807, 2.05) is 13.8 Å². The second-order valence-corrected chi connectivity index (χ2v) is 8.48. The van der Waals surface area contributed by atoms with Gasteiger partial charge in [-0.15, -0.1) is 0 Å². The maximum absolute atomic E-state index is 12.5. The van der Waals surface area contributed by atoms with Crippen LogP contribution < -0.4 is 9.47 Å².